The van der Waals surface area contributed by atoms with E-state index in [0.29, 0.717) is 17.8 Å². The Kier molecular flexibility index (Phi) is 7.79. The number of carbonyl (C=O) groups is 1. The number of rotatable bonds is 8. The first-order chi connectivity index (χ1) is 15.8. The standard InChI is InChI=1S/C28H38N4O/c1-7-23-16-24(10-14-29)18-25(17-23)28(11-8-9-12-28)13-15-32-19-20(2)31(6)27(33)26(32)21(3)22(4)30-5/h16-18,20H,4-5,7-13,15,19H2,1-3,6H3/b26-21-. The Morgan fingerprint density at radius 1 is 1.27 bits per heavy atom. The second-order valence-corrected chi connectivity index (χ2v) is 9.75. The van der Waals surface area contributed by atoms with Crippen LogP contribution in [0, 0.1) is 11.3 Å². The number of amides is 1. The van der Waals surface area contributed by atoms with E-state index in [0.717, 1.165) is 49.9 Å². The zero-order valence-corrected chi connectivity index (χ0v) is 20.8. The fraction of sp³-hybridized carbons (Fsp3) is 0.536. The Morgan fingerprint density at radius 2 is 1.94 bits per heavy atom. The van der Waals surface area contributed by atoms with Crippen LogP contribution in [-0.2, 0) is 23.1 Å². The molecule has 1 unspecified atom stereocenters. The lowest BCUT2D eigenvalue weighted by atomic mass is 9.74. The minimum absolute atomic E-state index is 0.0285. The predicted octanol–water partition coefficient (Wildman–Crippen LogP) is 5.17. The molecule has 1 heterocycles. The molecule has 1 saturated carbocycles. The first-order valence-electron chi connectivity index (χ1n) is 12.2. The van der Waals surface area contributed by atoms with Gasteiger partial charge >= 0.3 is 0 Å². The molecule has 2 fully saturated rings. The number of aryl methyl sites for hydroxylation is 1. The van der Waals surface area contributed by atoms with Crippen molar-refractivity contribution in [1.82, 2.24) is 9.80 Å². The zero-order chi connectivity index (χ0) is 24.2. The number of likely N-dealkylation sites (N-methyl/N-ethyl adjacent to an activating group) is 1. The molecular weight excluding hydrogens is 408 g/mol. The monoisotopic (exact) mass is 446 g/mol. The highest BCUT2D eigenvalue weighted by Gasteiger charge is 2.39. The smallest absolute Gasteiger partial charge is 0.270 e. The van der Waals surface area contributed by atoms with Crippen molar-refractivity contribution in [1.29, 1.82) is 5.26 Å². The van der Waals surface area contributed by atoms with Gasteiger partial charge in [-0.25, -0.2) is 0 Å². The third-order valence-corrected chi connectivity index (χ3v) is 7.74. The molecule has 0 N–H and O–H groups in total. The van der Waals surface area contributed by atoms with Crippen molar-refractivity contribution in [3.63, 3.8) is 0 Å². The van der Waals surface area contributed by atoms with Crippen molar-refractivity contribution < 1.29 is 4.79 Å². The lowest BCUT2D eigenvalue weighted by Crippen LogP contribution is -2.53. The van der Waals surface area contributed by atoms with E-state index in [1.165, 1.54) is 24.0 Å². The van der Waals surface area contributed by atoms with E-state index in [-0.39, 0.29) is 17.4 Å². The van der Waals surface area contributed by atoms with E-state index in [2.05, 4.69) is 61.3 Å². The van der Waals surface area contributed by atoms with Crippen molar-refractivity contribution in [3.05, 3.63) is 58.4 Å². The molecule has 1 aliphatic heterocycles. The Labute approximate surface area is 199 Å². The highest BCUT2D eigenvalue weighted by Crippen LogP contribution is 2.45. The summed E-state index contributed by atoms with van der Waals surface area (Å²) in [6.07, 6.45) is 7.16. The number of hydrogen-bond donors (Lipinski definition) is 0. The molecule has 0 spiro atoms. The Hall–Kier alpha value is -2.87. The van der Waals surface area contributed by atoms with Gasteiger partial charge in [0.15, 0.2) is 0 Å². The summed E-state index contributed by atoms with van der Waals surface area (Å²) in [6.45, 7) is 15.4. The van der Waals surface area contributed by atoms with E-state index in [1.807, 2.05) is 18.9 Å². The number of nitriles is 1. The van der Waals surface area contributed by atoms with Gasteiger partial charge in [0.25, 0.3) is 5.91 Å². The molecule has 0 aromatic heterocycles. The summed E-state index contributed by atoms with van der Waals surface area (Å²) in [5, 5.41) is 9.28. The lowest BCUT2D eigenvalue weighted by Gasteiger charge is -2.43. The van der Waals surface area contributed by atoms with E-state index < -0.39 is 0 Å². The third kappa shape index (κ3) is 5.05. The van der Waals surface area contributed by atoms with Crippen LogP contribution in [0.4, 0.5) is 0 Å². The van der Waals surface area contributed by atoms with Gasteiger partial charge in [-0.2, -0.15) is 5.26 Å². The highest BCUT2D eigenvalue weighted by atomic mass is 16.2. The molecule has 5 nitrogen and oxygen atoms in total. The van der Waals surface area contributed by atoms with Crippen LogP contribution in [0.1, 0.15) is 69.6 Å². The SMILES string of the molecule is C=NC(=C)/C(C)=C1/C(=O)N(C)C(C)CN1CCC1(c2cc(CC)cc(CC#N)c2)CCCC1. The normalized spacial score (nSPS) is 21.7. The van der Waals surface area contributed by atoms with E-state index in [1.54, 1.807) is 0 Å². The molecule has 1 aromatic rings. The zero-order valence-electron chi connectivity index (χ0n) is 20.8. The van der Waals surface area contributed by atoms with Gasteiger partial charge in [-0.1, -0.05) is 44.5 Å². The Balaban J connectivity index is 1.95. The van der Waals surface area contributed by atoms with Crippen molar-refractivity contribution in [3.8, 4) is 6.07 Å². The van der Waals surface area contributed by atoms with Crippen LogP contribution in [0.25, 0.3) is 0 Å². The first kappa shape index (κ1) is 24.8. The van der Waals surface area contributed by atoms with Gasteiger partial charge in [-0.15, -0.1) is 0 Å². The molecule has 33 heavy (non-hydrogen) atoms. The number of carbonyl (C=O) groups excluding carboxylic acids is 1. The maximum atomic E-state index is 13.2. The molecule has 176 valence electrons. The molecule has 1 atom stereocenters. The van der Waals surface area contributed by atoms with E-state index in [9.17, 15) is 10.1 Å². The Morgan fingerprint density at radius 3 is 2.55 bits per heavy atom. The van der Waals surface area contributed by atoms with Crippen LogP contribution < -0.4 is 0 Å². The van der Waals surface area contributed by atoms with Gasteiger partial charge in [0, 0.05) is 31.8 Å². The minimum Gasteiger partial charge on any atom is -0.365 e. The van der Waals surface area contributed by atoms with Crippen LogP contribution in [0.3, 0.4) is 0 Å². The van der Waals surface area contributed by atoms with E-state index in [4.69, 9.17) is 0 Å². The number of nitrogens with zero attached hydrogens (tertiary/aromatic N) is 4. The summed E-state index contributed by atoms with van der Waals surface area (Å²) in [5.74, 6) is 0.0285. The summed E-state index contributed by atoms with van der Waals surface area (Å²) in [6, 6.07) is 9.25. The van der Waals surface area contributed by atoms with Crippen LogP contribution in [0.5, 0.6) is 0 Å². The summed E-state index contributed by atoms with van der Waals surface area (Å²) >= 11 is 0. The largest absolute Gasteiger partial charge is 0.365 e. The van der Waals surface area contributed by atoms with Gasteiger partial charge < -0.3 is 9.80 Å². The van der Waals surface area contributed by atoms with Gasteiger partial charge in [-0.05, 0) is 68.4 Å². The molecule has 5 heteroatoms. The highest BCUT2D eigenvalue weighted by molar-refractivity contribution is 5.95. The van der Waals surface area contributed by atoms with Crippen LogP contribution >= 0.6 is 0 Å². The fourth-order valence-electron chi connectivity index (χ4n) is 5.44. The average Bonchev–Trinajstić information content (AvgIpc) is 3.30. The number of allylic oxidation sites excluding steroid dienone is 1. The summed E-state index contributed by atoms with van der Waals surface area (Å²) < 4.78 is 0. The Bertz CT molecular complexity index is 994. The van der Waals surface area contributed by atoms with Crippen molar-refractivity contribution >= 4 is 12.6 Å². The van der Waals surface area contributed by atoms with Gasteiger partial charge in [0.05, 0.1) is 18.2 Å². The molecule has 1 aliphatic carbocycles. The topological polar surface area (TPSA) is 59.7 Å². The van der Waals surface area contributed by atoms with Crippen molar-refractivity contribution in [2.45, 2.75) is 77.2 Å². The molecule has 1 aromatic carbocycles. The molecule has 1 amide bonds. The van der Waals surface area contributed by atoms with Gasteiger partial charge in [0.1, 0.15) is 5.70 Å². The summed E-state index contributed by atoms with van der Waals surface area (Å²) in [4.78, 5) is 21.3. The van der Waals surface area contributed by atoms with Crippen LogP contribution in [-0.4, -0.2) is 48.6 Å². The third-order valence-electron chi connectivity index (χ3n) is 7.74. The predicted molar refractivity (Wildman–Crippen MR) is 135 cm³/mol. The van der Waals surface area contributed by atoms with Crippen LogP contribution in [0.2, 0.25) is 0 Å². The maximum absolute atomic E-state index is 13.2. The van der Waals surface area contributed by atoms with Crippen molar-refractivity contribution in [2.24, 2.45) is 4.99 Å². The fourth-order valence-corrected chi connectivity index (χ4v) is 5.44. The summed E-state index contributed by atoms with van der Waals surface area (Å²) in [5.41, 5.74) is 5.95. The lowest BCUT2D eigenvalue weighted by molar-refractivity contribution is -0.132. The quantitative estimate of drug-likeness (QED) is 0.409. The van der Waals surface area contributed by atoms with Crippen molar-refractivity contribution in [2.75, 3.05) is 20.1 Å². The minimum atomic E-state index is 0.0285. The average molecular weight is 447 g/mol. The summed E-state index contributed by atoms with van der Waals surface area (Å²) in [7, 11) is 1.87. The maximum Gasteiger partial charge on any atom is 0.270 e. The molecule has 0 bridgehead atoms. The molecule has 1 saturated heterocycles. The van der Waals surface area contributed by atoms with Gasteiger partial charge in [-0.3, -0.25) is 9.79 Å². The molecular formula is C28H38N4O. The number of aliphatic imine (C=N–C) groups is 1. The van der Waals surface area contributed by atoms with E-state index >= 15 is 0 Å². The first-order valence-corrected chi connectivity index (χ1v) is 12.2. The second-order valence-electron chi connectivity index (χ2n) is 9.75. The second kappa shape index (κ2) is 10.4. The van der Waals surface area contributed by atoms with Crippen LogP contribution in [0.15, 0.2) is 46.7 Å². The molecule has 3 rings (SSSR count). The number of piperazine rings is 1. The molecule has 2 aliphatic rings. The number of benzene rings is 1. The van der Waals surface area contributed by atoms with Gasteiger partial charge in [0.2, 0.25) is 0 Å². The number of hydrogen-bond acceptors (Lipinski definition) is 4. The molecule has 0 radical (unpaired) electrons.